The molecule has 2 nitrogen and oxygen atoms in total. The van der Waals surface area contributed by atoms with E-state index in [1.807, 2.05) is 0 Å². The highest BCUT2D eigenvalue weighted by Gasteiger charge is 2.19. The van der Waals surface area contributed by atoms with Crippen molar-refractivity contribution in [2.24, 2.45) is 0 Å². The molecule has 0 fully saturated rings. The van der Waals surface area contributed by atoms with Crippen LogP contribution in [0.5, 0.6) is 0 Å². The number of aryl methyl sites for hydroxylation is 1. The third-order valence-electron chi connectivity index (χ3n) is 9.66. The van der Waals surface area contributed by atoms with Gasteiger partial charge < -0.3 is 9.47 Å². The Morgan fingerprint density at radius 3 is 1.71 bits per heavy atom. The monoisotopic (exact) mass is 626 g/mol. The molecule has 49 heavy (non-hydrogen) atoms. The van der Waals surface area contributed by atoms with Crippen molar-refractivity contribution in [3.05, 3.63) is 194 Å². The molecule has 2 heteroatoms. The van der Waals surface area contributed by atoms with E-state index in [0.29, 0.717) is 0 Å². The summed E-state index contributed by atoms with van der Waals surface area (Å²) >= 11 is 0. The molecule has 9 rings (SSSR count). The first kappa shape index (κ1) is 28.8. The first-order valence-electron chi connectivity index (χ1n) is 16.9. The lowest BCUT2D eigenvalue weighted by Crippen LogP contribution is -2.10. The van der Waals surface area contributed by atoms with Gasteiger partial charge in [-0.25, -0.2) is 0 Å². The van der Waals surface area contributed by atoms with Gasteiger partial charge in [0.25, 0.3) is 0 Å². The van der Waals surface area contributed by atoms with E-state index in [1.165, 1.54) is 66.1 Å². The lowest BCUT2D eigenvalue weighted by atomic mass is 9.95. The van der Waals surface area contributed by atoms with Crippen molar-refractivity contribution >= 4 is 49.6 Å². The quantitative estimate of drug-likeness (QED) is 0.178. The zero-order valence-corrected chi connectivity index (χ0v) is 27.3. The van der Waals surface area contributed by atoms with Crippen molar-refractivity contribution in [3.8, 4) is 27.9 Å². The van der Waals surface area contributed by atoms with Crippen LogP contribution in [0.2, 0.25) is 0 Å². The summed E-state index contributed by atoms with van der Waals surface area (Å²) in [5, 5.41) is 4.95. The van der Waals surface area contributed by atoms with Crippen LogP contribution in [0.25, 0.3) is 60.5 Å². The van der Waals surface area contributed by atoms with Crippen molar-refractivity contribution in [1.82, 2.24) is 4.57 Å². The number of nitrogens with zero attached hydrogens (tertiary/aromatic N) is 2. The maximum absolute atomic E-state index is 2.38. The first-order chi connectivity index (χ1) is 24.2. The summed E-state index contributed by atoms with van der Waals surface area (Å²) in [4.78, 5) is 2.37. The third-order valence-corrected chi connectivity index (χ3v) is 9.66. The minimum Gasteiger partial charge on any atom is -0.310 e. The van der Waals surface area contributed by atoms with E-state index in [2.05, 4.69) is 204 Å². The number of anilines is 3. The molecule has 0 saturated carbocycles. The van der Waals surface area contributed by atoms with Gasteiger partial charge in [-0.2, -0.15) is 0 Å². The van der Waals surface area contributed by atoms with Crippen molar-refractivity contribution < 1.29 is 0 Å². The minimum absolute atomic E-state index is 1.12. The second-order valence-electron chi connectivity index (χ2n) is 12.7. The van der Waals surface area contributed by atoms with Gasteiger partial charge >= 0.3 is 0 Å². The Balaban J connectivity index is 1.20. The van der Waals surface area contributed by atoms with E-state index < -0.39 is 0 Å². The van der Waals surface area contributed by atoms with Gasteiger partial charge in [0, 0.05) is 33.2 Å². The highest BCUT2D eigenvalue weighted by Crippen LogP contribution is 2.43. The summed E-state index contributed by atoms with van der Waals surface area (Å²) in [7, 11) is 0. The molecule has 0 atom stereocenters. The predicted molar refractivity (Wildman–Crippen MR) is 209 cm³/mol. The molecule has 0 bridgehead atoms. The average Bonchev–Trinajstić information content (AvgIpc) is 3.50. The maximum Gasteiger partial charge on any atom is 0.0541 e. The second kappa shape index (κ2) is 12.0. The van der Waals surface area contributed by atoms with Gasteiger partial charge in [0.1, 0.15) is 0 Å². The molecule has 0 aliphatic carbocycles. The Labute approximate surface area is 286 Å². The van der Waals surface area contributed by atoms with Gasteiger partial charge in [-0.05, 0) is 95.2 Å². The molecular formula is C47H34N2. The second-order valence-corrected chi connectivity index (χ2v) is 12.7. The minimum atomic E-state index is 1.12. The summed E-state index contributed by atoms with van der Waals surface area (Å²) in [6, 6.07) is 68.0. The lowest BCUT2D eigenvalue weighted by molar-refractivity contribution is 1.17. The molecular weight excluding hydrogens is 593 g/mol. The largest absolute Gasteiger partial charge is 0.310 e. The predicted octanol–water partition coefficient (Wildman–Crippen LogP) is 13.0. The summed E-state index contributed by atoms with van der Waals surface area (Å²) in [5.41, 5.74) is 13.1. The van der Waals surface area contributed by atoms with E-state index in [4.69, 9.17) is 0 Å². The van der Waals surface area contributed by atoms with Gasteiger partial charge in [-0.15, -0.1) is 0 Å². The van der Waals surface area contributed by atoms with Crippen LogP contribution in [0, 0.1) is 6.92 Å². The topological polar surface area (TPSA) is 8.17 Å². The van der Waals surface area contributed by atoms with Gasteiger partial charge in [-0.3, -0.25) is 0 Å². The van der Waals surface area contributed by atoms with E-state index in [9.17, 15) is 0 Å². The Morgan fingerprint density at radius 2 is 0.959 bits per heavy atom. The van der Waals surface area contributed by atoms with Gasteiger partial charge in [-0.1, -0.05) is 133 Å². The Morgan fingerprint density at radius 1 is 0.388 bits per heavy atom. The SMILES string of the molecule is Cc1ccc(-n2c3ccccc3c3cc(-c4ccc(N(c5ccccc5)c5ccc(-c6ccccc6)cc5)c5ccccc45)ccc32)cc1. The van der Waals surface area contributed by atoms with E-state index in [0.717, 1.165) is 17.1 Å². The summed E-state index contributed by atoms with van der Waals surface area (Å²) in [5.74, 6) is 0. The fourth-order valence-electron chi connectivity index (χ4n) is 7.28. The standard InChI is InChI=1S/C47H34N2/c1-33-20-25-39(26-21-33)49-45-19-11-10-18-43(45)44-32-36(24-30-47(44)49)40-29-31-46(42-17-9-8-16-41(40)42)48(37-14-6-3-7-15-37)38-27-22-35(23-28-38)34-12-4-2-5-13-34/h2-32H,1H3. The number of para-hydroxylation sites is 2. The fraction of sp³-hybridized carbons (Fsp3) is 0.0213. The molecule has 1 aromatic heterocycles. The number of hydrogen-bond acceptors (Lipinski definition) is 1. The average molecular weight is 627 g/mol. The molecule has 0 aliphatic rings. The zero-order chi connectivity index (χ0) is 32.7. The van der Waals surface area contributed by atoms with E-state index in [1.54, 1.807) is 0 Å². The molecule has 232 valence electrons. The molecule has 8 aromatic carbocycles. The fourth-order valence-corrected chi connectivity index (χ4v) is 7.28. The first-order valence-corrected chi connectivity index (χ1v) is 16.9. The van der Waals surface area contributed by atoms with Crippen molar-refractivity contribution in [1.29, 1.82) is 0 Å². The smallest absolute Gasteiger partial charge is 0.0541 e. The van der Waals surface area contributed by atoms with Crippen LogP contribution in [0.15, 0.2) is 188 Å². The Bertz CT molecular complexity index is 2580. The number of hydrogen-bond donors (Lipinski definition) is 0. The molecule has 0 aliphatic heterocycles. The molecule has 1 heterocycles. The van der Waals surface area contributed by atoms with Gasteiger partial charge in [0.2, 0.25) is 0 Å². The van der Waals surface area contributed by atoms with Crippen LogP contribution in [-0.4, -0.2) is 4.57 Å². The van der Waals surface area contributed by atoms with E-state index in [-0.39, 0.29) is 0 Å². The molecule has 0 saturated heterocycles. The van der Waals surface area contributed by atoms with Crippen LogP contribution >= 0.6 is 0 Å². The van der Waals surface area contributed by atoms with Crippen molar-refractivity contribution in [2.75, 3.05) is 4.90 Å². The van der Waals surface area contributed by atoms with Crippen molar-refractivity contribution in [2.45, 2.75) is 6.92 Å². The Kier molecular flexibility index (Phi) is 7.06. The van der Waals surface area contributed by atoms with E-state index >= 15 is 0 Å². The van der Waals surface area contributed by atoms with Gasteiger partial charge in [0.15, 0.2) is 0 Å². The highest BCUT2D eigenvalue weighted by molar-refractivity contribution is 6.12. The van der Waals surface area contributed by atoms with Crippen LogP contribution in [0.3, 0.4) is 0 Å². The normalized spacial score (nSPS) is 11.4. The Hall–Kier alpha value is -6.38. The highest BCUT2D eigenvalue weighted by atomic mass is 15.1. The lowest BCUT2D eigenvalue weighted by Gasteiger charge is -2.27. The number of rotatable bonds is 6. The molecule has 0 amide bonds. The molecule has 0 spiro atoms. The van der Waals surface area contributed by atoms with Crippen LogP contribution in [-0.2, 0) is 0 Å². The summed E-state index contributed by atoms with van der Waals surface area (Å²) in [6.45, 7) is 2.14. The van der Waals surface area contributed by atoms with Crippen molar-refractivity contribution in [3.63, 3.8) is 0 Å². The van der Waals surface area contributed by atoms with Gasteiger partial charge in [0.05, 0.1) is 16.7 Å². The summed E-state index contributed by atoms with van der Waals surface area (Å²) < 4.78 is 2.38. The number of aromatic nitrogens is 1. The number of benzene rings is 8. The van der Waals surface area contributed by atoms with Crippen LogP contribution in [0.1, 0.15) is 5.56 Å². The third kappa shape index (κ3) is 5.06. The molecule has 0 unspecified atom stereocenters. The zero-order valence-electron chi connectivity index (χ0n) is 27.3. The molecule has 9 aromatic rings. The summed E-state index contributed by atoms with van der Waals surface area (Å²) in [6.07, 6.45) is 0. The maximum atomic E-state index is 2.38. The molecule has 0 N–H and O–H groups in total. The number of fused-ring (bicyclic) bond motifs is 4. The molecule has 0 radical (unpaired) electrons. The van der Waals surface area contributed by atoms with Crippen LogP contribution < -0.4 is 4.90 Å². The van der Waals surface area contributed by atoms with Crippen LogP contribution in [0.4, 0.5) is 17.1 Å².